The first-order valence-corrected chi connectivity index (χ1v) is 8.67. The summed E-state index contributed by atoms with van der Waals surface area (Å²) >= 11 is 0. The van der Waals surface area contributed by atoms with Crippen molar-refractivity contribution >= 4 is 11.8 Å². The third kappa shape index (κ3) is 3.94. The number of pyridine rings is 1. The molecule has 0 N–H and O–H groups in total. The van der Waals surface area contributed by atoms with Gasteiger partial charge in [0.15, 0.2) is 0 Å². The van der Waals surface area contributed by atoms with Gasteiger partial charge in [0.2, 0.25) is 0 Å². The molecule has 1 aromatic heterocycles. The second kappa shape index (κ2) is 7.87. The van der Waals surface area contributed by atoms with E-state index in [9.17, 15) is 10.1 Å². The van der Waals surface area contributed by atoms with Crippen LogP contribution in [0.2, 0.25) is 0 Å². The van der Waals surface area contributed by atoms with E-state index < -0.39 is 0 Å². The van der Waals surface area contributed by atoms with Crippen LogP contribution in [0.3, 0.4) is 0 Å². The number of anilines is 1. The van der Waals surface area contributed by atoms with Crippen LogP contribution in [0, 0.1) is 25.2 Å². The van der Waals surface area contributed by atoms with Gasteiger partial charge in [-0.05, 0) is 25.5 Å². The fraction of sp³-hybridized carbons (Fsp3) is 0.350. The SMILES string of the molecule is Cc1cc(N2CCN(C(=O)OCc3ccccc3)CC2)c(C#N)c(C)n1. The highest BCUT2D eigenvalue weighted by atomic mass is 16.6. The molecule has 0 bridgehead atoms. The lowest BCUT2D eigenvalue weighted by Gasteiger charge is -2.36. The smallest absolute Gasteiger partial charge is 0.410 e. The lowest BCUT2D eigenvalue weighted by Crippen LogP contribution is -2.49. The quantitative estimate of drug-likeness (QED) is 0.851. The number of benzene rings is 1. The van der Waals surface area contributed by atoms with Gasteiger partial charge in [0.05, 0.1) is 16.9 Å². The van der Waals surface area contributed by atoms with Crippen LogP contribution < -0.4 is 4.90 Å². The van der Waals surface area contributed by atoms with E-state index >= 15 is 0 Å². The highest BCUT2D eigenvalue weighted by Crippen LogP contribution is 2.24. The number of rotatable bonds is 3. The van der Waals surface area contributed by atoms with Crippen molar-refractivity contribution in [3.63, 3.8) is 0 Å². The minimum Gasteiger partial charge on any atom is -0.445 e. The van der Waals surface area contributed by atoms with Crippen LogP contribution in [-0.4, -0.2) is 42.2 Å². The minimum atomic E-state index is -0.295. The Morgan fingerprint density at radius 2 is 1.88 bits per heavy atom. The largest absolute Gasteiger partial charge is 0.445 e. The van der Waals surface area contributed by atoms with Gasteiger partial charge in [0, 0.05) is 31.9 Å². The van der Waals surface area contributed by atoms with E-state index in [1.165, 1.54) is 0 Å². The molecule has 0 saturated carbocycles. The van der Waals surface area contributed by atoms with Gasteiger partial charge in [-0.1, -0.05) is 30.3 Å². The number of aromatic nitrogens is 1. The summed E-state index contributed by atoms with van der Waals surface area (Å²) in [6.07, 6.45) is -0.295. The number of hydrogen-bond acceptors (Lipinski definition) is 5. The van der Waals surface area contributed by atoms with E-state index in [-0.39, 0.29) is 12.7 Å². The van der Waals surface area contributed by atoms with Gasteiger partial charge >= 0.3 is 6.09 Å². The summed E-state index contributed by atoms with van der Waals surface area (Å²) in [5.41, 5.74) is 4.11. The second-order valence-corrected chi connectivity index (χ2v) is 6.37. The first-order chi connectivity index (χ1) is 12.6. The molecule has 2 heterocycles. The zero-order valence-corrected chi connectivity index (χ0v) is 15.1. The molecule has 0 spiro atoms. The van der Waals surface area contributed by atoms with Crippen molar-refractivity contribution in [2.24, 2.45) is 0 Å². The molecule has 6 heteroatoms. The molecule has 3 rings (SSSR count). The highest BCUT2D eigenvalue weighted by Gasteiger charge is 2.24. The molecule has 134 valence electrons. The molecule has 6 nitrogen and oxygen atoms in total. The minimum absolute atomic E-state index is 0.279. The van der Waals surface area contributed by atoms with Crippen molar-refractivity contribution in [1.82, 2.24) is 9.88 Å². The predicted molar refractivity (Wildman–Crippen MR) is 98.8 cm³/mol. The molecule has 1 fully saturated rings. The number of carbonyl (C=O) groups excluding carboxylic acids is 1. The lowest BCUT2D eigenvalue weighted by molar-refractivity contribution is 0.0942. The summed E-state index contributed by atoms with van der Waals surface area (Å²) in [5, 5.41) is 9.44. The average molecular weight is 350 g/mol. The summed E-state index contributed by atoms with van der Waals surface area (Å²) in [4.78, 5) is 20.5. The number of aryl methyl sites for hydroxylation is 2. The van der Waals surface area contributed by atoms with Crippen LogP contribution in [0.1, 0.15) is 22.5 Å². The number of nitrogens with zero attached hydrogens (tertiary/aromatic N) is 4. The Labute approximate surface area is 153 Å². The van der Waals surface area contributed by atoms with Gasteiger partial charge < -0.3 is 14.5 Å². The van der Waals surface area contributed by atoms with Crippen molar-refractivity contribution in [3.05, 3.63) is 58.9 Å². The number of piperazine rings is 1. The average Bonchev–Trinajstić information content (AvgIpc) is 2.66. The normalized spacial score (nSPS) is 14.0. The van der Waals surface area contributed by atoms with Crippen molar-refractivity contribution < 1.29 is 9.53 Å². The first-order valence-electron chi connectivity index (χ1n) is 8.67. The fourth-order valence-electron chi connectivity index (χ4n) is 3.14. The summed E-state index contributed by atoms with van der Waals surface area (Å²) in [6.45, 7) is 6.52. The van der Waals surface area contributed by atoms with Crippen LogP contribution >= 0.6 is 0 Å². The van der Waals surface area contributed by atoms with E-state index in [1.54, 1.807) is 4.90 Å². The fourth-order valence-corrected chi connectivity index (χ4v) is 3.14. The summed E-state index contributed by atoms with van der Waals surface area (Å²) in [6, 6.07) is 13.8. The third-order valence-corrected chi connectivity index (χ3v) is 4.50. The third-order valence-electron chi connectivity index (χ3n) is 4.50. The second-order valence-electron chi connectivity index (χ2n) is 6.37. The Morgan fingerprint density at radius 3 is 2.54 bits per heavy atom. The van der Waals surface area contributed by atoms with E-state index in [4.69, 9.17) is 4.74 Å². The van der Waals surface area contributed by atoms with Crippen LogP contribution in [0.5, 0.6) is 0 Å². The van der Waals surface area contributed by atoms with Gasteiger partial charge in [-0.25, -0.2) is 4.79 Å². The summed E-state index contributed by atoms with van der Waals surface area (Å²) in [7, 11) is 0. The number of ether oxygens (including phenoxy) is 1. The van der Waals surface area contributed by atoms with Crippen LogP contribution in [0.15, 0.2) is 36.4 Å². The number of amides is 1. The van der Waals surface area contributed by atoms with Gasteiger partial charge in [-0.2, -0.15) is 5.26 Å². The lowest BCUT2D eigenvalue weighted by atomic mass is 10.1. The molecule has 1 amide bonds. The molecule has 0 aliphatic carbocycles. The zero-order valence-electron chi connectivity index (χ0n) is 15.1. The van der Waals surface area contributed by atoms with Gasteiger partial charge in [0.25, 0.3) is 0 Å². The van der Waals surface area contributed by atoms with Crippen molar-refractivity contribution in [2.45, 2.75) is 20.5 Å². The van der Waals surface area contributed by atoms with E-state index in [2.05, 4.69) is 16.0 Å². The molecule has 0 unspecified atom stereocenters. The van der Waals surface area contributed by atoms with Crippen molar-refractivity contribution in [3.8, 4) is 6.07 Å². The van der Waals surface area contributed by atoms with Gasteiger partial charge in [0.1, 0.15) is 12.7 Å². The van der Waals surface area contributed by atoms with Crippen LogP contribution in [-0.2, 0) is 11.3 Å². The Bertz CT molecular complexity index is 822. The maximum Gasteiger partial charge on any atom is 0.410 e. The molecule has 26 heavy (non-hydrogen) atoms. The Balaban J connectivity index is 1.59. The molecule has 0 atom stereocenters. The summed E-state index contributed by atoms with van der Waals surface area (Å²) < 4.78 is 5.40. The highest BCUT2D eigenvalue weighted by molar-refractivity contribution is 5.69. The summed E-state index contributed by atoms with van der Waals surface area (Å²) in [5.74, 6) is 0. The first kappa shape index (κ1) is 17.7. The van der Waals surface area contributed by atoms with E-state index in [0.717, 1.165) is 22.6 Å². The Hall–Kier alpha value is -3.07. The monoisotopic (exact) mass is 350 g/mol. The van der Waals surface area contributed by atoms with Gasteiger partial charge in [-0.3, -0.25) is 4.98 Å². The standard InChI is InChI=1S/C20H22N4O2/c1-15-12-19(18(13-21)16(2)22-15)23-8-10-24(11-9-23)20(25)26-14-17-6-4-3-5-7-17/h3-7,12H,8-11,14H2,1-2H3. The number of carbonyl (C=O) groups is 1. The predicted octanol–water partition coefficient (Wildman–Crippen LogP) is 3.03. The maximum absolute atomic E-state index is 12.3. The molecule has 1 aliphatic heterocycles. The molecular weight excluding hydrogens is 328 g/mol. The van der Waals surface area contributed by atoms with E-state index in [1.807, 2.05) is 50.2 Å². The topological polar surface area (TPSA) is 69.5 Å². The molecule has 1 aromatic carbocycles. The number of hydrogen-bond donors (Lipinski definition) is 0. The molecule has 1 saturated heterocycles. The Kier molecular flexibility index (Phi) is 5.37. The Morgan fingerprint density at radius 1 is 1.19 bits per heavy atom. The number of nitriles is 1. The van der Waals surface area contributed by atoms with Crippen molar-refractivity contribution in [1.29, 1.82) is 5.26 Å². The van der Waals surface area contributed by atoms with Crippen molar-refractivity contribution in [2.75, 3.05) is 31.1 Å². The van der Waals surface area contributed by atoms with Crippen LogP contribution in [0.4, 0.5) is 10.5 Å². The van der Waals surface area contributed by atoms with E-state index in [0.29, 0.717) is 31.7 Å². The maximum atomic E-state index is 12.3. The molecule has 2 aromatic rings. The van der Waals surface area contributed by atoms with Gasteiger partial charge in [-0.15, -0.1) is 0 Å². The molecule has 1 aliphatic rings. The van der Waals surface area contributed by atoms with Crippen LogP contribution in [0.25, 0.3) is 0 Å². The zero-order chi connectivity index (χ0) is 18.5. The molecule has 0 radical (unpaired) electrons. The molecular formula is C20H22N4O2.